The molecule has 2 rings (SSSR count). The first-order chi connectivity index (χ1) is 9.51. The second-order valence-corrected chi connectivity index (χ2v) is 6.40. The first-order valence-electron chi connectivity index (χ1n) is 5.82. The van der Waals surface area contributed by atoms with E-state index in [0.717, 1.165) is 14.5 Å². The van der Waals surface area contributed by atoms with E-state index in [2.05, 4.69) is 31.9 Å². The highest BCUT2D eigenvalue weighted by Gasteiger charge is 2.16. The van der Waals surface area contributed by atoms with E-state index in [1.54, 1.807) is 25.3 Å². The third kappa shape index (κ3) is 3.62. The Kier molecular flexibility index (Phi) is 5.24. The molecule has 0 unspecified atom stereocenters. The Morgan fingerprint density at radius 1 is 1.25 bits per heavy atom. The van der Waals surface area contributed by atoms with Crippen LogP contribution in [0.15, 0.2) is 45.3 Å². The second-order valence-electron chi connectivity index (χ2n) is 4.20. The maximum Gasteiger partial charge on any atom is 0.171 e. The fourth-order valence-electron chi connectivity index (χ4n) is 1.90. The highest BCUT2D eigenvalue weighted by molar-refractivity contribution is 9.11. The molecular weight excluding hydrogens is 407 g/mol. The molecule has 104 valence electrons. The number of hydrogen-bond acceptors (Lipinski definition) is 2. The van der Waals surface area contributed by atoms with Crippen molar-refractivity contribution in [1.82, 2.24) is 0 Å². The Morgan fingerprint density at radius 2 is 2.00 bits per heavy atom. The number of benzene rings is 2. The van der Waals surface area contributed by atoms with E-state index in [9.17, 15) is 4.79 Å². The lowest BCUT2D eigenvalue weighted by Gasteiger charge is -2.10. The van der Waals surface area contributed by atoms with Gasteiger partial charge in [-0.15, -0.1) is 0 Å². The molecular formula is C15H11Br2ClO2. The van der Waals surface area contributed by atoms with Crippen LogP contribution in [0.2, 0.25) is 5.02 Å². The molecule has 0 fully saturated rings. The zero-order valence-electron chi connectivity index (χ0n) is 10.6. The van der Waals surface area contributed by atoms with E-state index in [-0.39, 0.29) is 12.2 Å². The molecule has 0 bridgehead atoms. The minimum atomic E-state index is -0.0221. The first-order valence-corrected chi connectivity index (χ1v) is 7.78. The molecule has 0 saturated carbocycles. The standard InChI is InChI=1S/C15H11Br2ClO2/c1-20-15-12(7-10(16)8-13(15)17)14(19)6-9-3-2-4-11(18)5-9/h2-5,7-8H,6H2,1H3. The van der Waals surface area contributed by atoms with Crippen LogP contribution in [-0.4, -0.2) is 12.9 Å². The molecule has 0 aromatic heterocycles. The van der Waals surface area contributed by atoms with Gasteiger partial charge in [-0.3, -0.25) is 4.79 Å². The van der Waals surface area contributed by atoms with Gasteiger partial charge in [-0.25, -0.2) is 0 Å². The second kappa shape index (κ2) is 6.74. The molecule has 0 atom stereocenters. The van der Waals surface area contributed by atoms with Crippen molar-refractivity contribution in [2.75, 3.05) is 7.11 Å². The third-order valence-corrected chi connectivity index (χ3v) is 4.05. The van der Waals surface area contributed by atoms with Crippen LogP contribution in [0, 0.1) is 0 Å². The summed E-state index contributed by atoms with van der Waals surface area (Å²) in [6.45, 7) is 0. The van der Waals surface area contributed by atoms with Crippen molar-refractivity contribution in [3.05, 3.63) is 61.5 Å². The van der Waals surface area contributed by atoms with Crippen LogP contribution in [0.1, 0.15) is 15.9 Å². The van der Waals surface area contributed by atoms with Crippen molar-refractivity contribution >= 4 is 49.2 Å². The lowest BCUT2D eigenvalue weighted by molar-refractivity contribution is 0.0990. The van der Waals surface area contributed by atoms with Crippen LogP contribution in [0.4, 0.5) is 0 Å². The molecule has 0 radical (unpaired) electrons. The van der Waals surface area contributed by atoms with Crippen LogP contribution in [0.5, 0.6) is 5.75 Å². The number of ether oxygens (including phenoxy) is 1. The van der Waals surface area contributed by atoms with Gasteiger partial charge in [0.1, 0.15) is 5.75 Å². The number of carbonyl (C=O) groups excluding carboxylic acids is 1. The monoisotopic (exact) mass is 416 g/mol. The normalized spacial score (nSPS) is 10.4. The molecule has 0 N–H and O–H groups in total. The number of rotatable bonds is 4. The fourth-order valence-corrected chi connectivity index (χ4v) is 3.50. The van der Waals surface area contributed by atoms with E-state index in [1.165, 1.54) is 0 Å². The van der Waals surface area contributed by atoms with Gasteiger partial charge in [0, 0.05) is 15.9 Å². The van der Waals surface area contributed by atoms with Gasteiger partial charge in [-0.2, -0.15) is 0 Å². The number of hydrogen-bond donors (Lipinski definition) is 0. The molecule has 0 saturated heterocycles. The van der Waals surface area contributed by atoms with Gasteiger partial charge in [0.2, 0.25) is 0 Å². The summed E-state index contributed by atoms with van der Waals surface area (Å²) in [5, 5.41) is 0.623. The molecule has 0 heterocycles. The Hall–Kier alpha value is -0.840. The minimum absolute atomic E-state index is 0.0221. The molecule has 20 heavy (non-hydrogen) atoms. The van der Waals surface area contributed by atoms with E-state index in [1.807, 2.05) is 18.2 Å². The predicted molar refractivity (Wildman–Crippen MR) is 87.9 cm³/mol. The fraction of sp³-hybridized carbons (Fsp3) is 0.133. The summed E-state index contributed by atoms with van der Waals surface area (Å²) >= 11 is 12.7. The quantitative estimate of drug-likeness (QED) is 0.630. The van der Waals surface area contributed by atoms with Crippen LogP contribution in [0.3, 0.4) is 0 Å². The van der Waals surface area contributed by atoms with Crippen LogP contribution < -0.4 is 4.74 Å². The summed E-state index contributed by atoms with van der Waals surface area (Å²) in [4.78, 5) is 12.4. The van der Waals surface area contributed by atoms with Crippen LogP contribution in [-0.2, 0) is 6.42 Å². The zero-order valence-corrected chi connectivity index (χ0v) is 14.5. The molecule has 0 aliphatic carbocycles. The van der Waals surface area contributed by atoms with Gasteiger partial charge in [0.15, 0.2) is 5.78 Å². The van der Waals surface area contributed by atoms with Gasteiger partial charge in [-0.1, -0.05) is 39.7 Å². The van der Waals surface area contributed by atoms with Gasteiger partial charge >= 0.3 is 0 Å². The molecule has 0 spiro atoms. The van der Waals surface area contributed by atoms with Gasteiger partial charge in [-0.05, 0) is 45.8 Å². The van der Waals surface area contributed by atoms with Crippen molar-refractivity contribution in [3.63, 3.8) is 0 Å². The molecule has 0 amide bonds. The topological polar surface area (TPSA) is 26.3 Å². The summed E-state index contributed by atoms with van der Waals surface area (Å²) in [7, 11) is 1.55. The van der Waals surface area contributed by atoms with Crippen molar-refractivity contribution in [2.24, 2.45) is 0 Å². The number of carbonyl (C=O) groups is 1. The zero-order chi connectivity index (χ0) is 14.7. The summed E-state index contributed by atoms with van der Waals surface area (Å²) < 4.78 is 6.86. The van der Waals surface area contributed by atoms with Gasteiger partial charge in [0.05, 0.1) is 17.1 Å². The summed E-state index contributed by atoms with van der Waals surface area (Å²) in [5.74, 6) is 0.520. The van der Waals surface area contributed by atoms with E-state index < -0.39 is 0 Å². The predicted octanol–water partition coefficient (Wildman–Crippen LogP) is 5.30. The molecule has 5 heteroatoms. The molecule has 2 aromatic carbocycles. The highest BCUT2D eigenvalue weighted by atomic mass is 79.9. The number of Topliss-reactive ketones (excluding diaryl/α,β-unsaturated/α-hetero) is 1. The maximum atomic E-state index is 12.4. The van der Waals surface area contributed by atoms with Gasteiger partial charge in [0.25, 0.3) is 0 Å². The minimum Gasteiger partial charge on any atom is -0.495 e. The Morgan fingerprint density at radius 3 is 2.65 bits per heavy atom. The van der Waals surface area contributed by atoms with Crippen molar-refractivity contribution in [3.8, 4) is 5.75 Å². The van der Waals surface area contributed by atoms with Crippen LogP contribution >= 0.6 is 43.5 Å². The van der Waals surface area contributed by atoms with E-state index in [4.69, 9.17) is 16.3 Å². The Labute approximate surface area is 139 Å². The molecule has 2 aromatic rings. The Balaban J connectivity index is 2.34. The molecule has 0 aliphatic rings. The summed E-state index contributed by atoms with van der Waals surface area (Å²) in [5.41, 5.74) is 1.41. The average molecular weight is 419 g/mol. The van der Waals surface area contributed by atoms with Crippen molar-refractivity contribution in [1.29, 1.82) is 0 Å². The first kappa shape index (κ1) is 15.5. The van der Waals surface area contributed by atoms with Crippen molar-refractivity contribution in [2.45, 2.75) is 6.42 Å². The third-order valence-electron chi connectivity index (χ3n) is 2.77. The summed E-state index contributed by atoms with van der Waals surface area (Å²) in [6, 6.07) is 10.9. The Bertz CT molecular complexity index is 656. The lowest BCUT2D eigenvalue weighted by Crippen LogP contribution is -2.06. The maximum absolute atomic E-state index is 12.4. The van der Waals surface area contributed by atoms with Gasteiger partial charge < -0.3 is 4.74 Å². The number of methoxy groups -OCH3 is 1. The van der Waals surface area contributed by atoms with Crippen molar-refractivity contribution < 1.29 is 9.53 Å². The molecule has 0 aliphatic heterocycles. The lowest BCUT2D eigenvalue weighted by atomic mass is 10.0. The molecule has 2 nitrogen and oxygen atoms in total. The van der Waals surface area contributed by atoms with Crippen LogP contribution in [0.25, 0.3) is 0 Å². The summed E-state index contributed by atoms with van der Waals surface area (Å²) in [6.07, 6.45) is 0.278. The number of halogens is 3. The number of ketones is 1. The smallest absolute Gasteiger partial charge is 0.171 e. The average Bonchev–Trinajstić information content (AvgIpc) is 2.37. The highest BCUT2D eigenvalue weighted by Crippen LogP contribution is 2.33. The SMILES string of the molecule is COc1c(Br)cc(Br)cc1C(=O)Cc1cccc(Cl)c1. The van der Waals surface area contributed by atoms with E-state index >= 15 is 0 Å². The largest absolute Gasteiger partial charge is 0.495 e. The van der Waals surface area contributed by atoms with E-state index in [0.29, 0.717) is 16.3 Å².